The van der Waals surface area contributed by atoms with Crippen LogP contribution in [0.4, 0.5) is 0 Å². The molecule has 1 N–H and O–H groups in total. The maximum atomic E-state index is 9.44. The fraction of sp³-hybridized carbons (Fsp3) is 1.00. The number of aliphatic hydroxyl groups excluding tert-OH is 1. The molecular weight excluding hydrogens is 127 g/mol. The summed E-state index contributed by atoms with van der Waals surface area (Å²) < 4.78 is 5.48. The lowest BCUT2D eigenvalue weighted by Gasteiger charge is -2.12. The van der Waals surface area contributed by atoms with Crippen LogP contribution in [-0.2, 0) is 4.74 Å². The first kappa shape index (κ1) is 8.09. The third kappa shape index (κ3) is 1.20. The smallest absolute Gasteiger partial charge is 0.142 e. The average molecular weight is 142 g/mol. The number of ether oxygens (including phenoxy) is 1. The Labute approximate surface area is 63.0 Å². The van der Waals surface area contributed by atoms with E-state index < -0.39 is 0 Å². The molecule has 0 aromatic rings. The van der Waals surface area contributed by atoms with Crippen LogP contribution >= 0.6 is 0 Å². The van der Waals surface area contributed by atoms with E-state index in [0.29, 0.717) is 5.92 Å². The molecule has 1 heterocycles. The molecule has 1 aliphatic rings. The molecule has 1 rings (SSSR count). The highest BCUT2D eigenvalue weighted by atomic mass is 16.5. The first-order chi connectivity index (χ1) is 4.66. The van der Waals surface area contributed by atoms with Crippen molar-refractivity contribution in [3.05, 3.63) is 0 Å². The summed E-state index contributed by atoms with van der Waals surface area (Å²) in [5, 5.41) is 9.44. The highest BCUT2D eigenvalue weighted by molar-refractivity contribution is 6.11. The van der Waals surface area contributed by atoms with Gasteiger partial charge in [0.1, 0.15) is 7.85 Å². The van der Waals surface area contributed by atoms with Gasteiger partial charge in [-0.2, -0.15) is 0 Å². The first-order valence-corrected chi connectivity index (χ1v) is 4.00. The fourth-order valence-electron chi connectivity index (χ4n) is 1.60. The van der Waals surface area contributed by atoms with Crippen molar-refractivity contribution >= 4 is 7.85 Å². The van der Waals surface area contributed by atoms with Gasteiger partial charge in [0.25, 0.3) is 0 Å². The van der Waals surface area contributed by atoms with Crippen molar-refractivity contribution in [1.82, 2.24) is 0 Å². The Morgan fingerprint density at radius 2 is 2.20 bits per heavy atom. The lowest BCUT2D eigenvalue weighted by molar-refractivity contribution is 0.0578. The molecule has 3 heteroatoms. The summed E-state index contributed by atoms with van der Waals surface area (Å²) in [6.07, 6.45) is 1.01. The zero-order valence-corrected chi connectivity index (χ0v) is 6.87. The van der Waals surface area contributed by atoms with Crippen LogP contribution in [-0.4, -0.2) is 31.2 Å². The Bertz CT molecular complexity index is 118. The van der Waals surface area contributed by atoms with E-state index >= 15 is 0 Å². The molecule has 0 amide bonds. The van der Waals surface area contributed by atoms with Gasteiger partial charge in [-0.1, -0.05) is 13.8 Å². The molecule has 4 atom stereocenters. The fourth-order valence-corrected chi connectivity index (χ4v) is 1.60. The molecule has 1 fully saturated rings. The van der Waals surface area contributed by atoms with Gasteiger partial charge in [0.15, 0.2) is 0 Å². The van der Waals surface area contributed by atoms with Crippen LogP contribution in [0.2, 0.25) is 0 Å². The van der Waals surface area contributed by atoms with E-state index in [2.05, 4.69) is 6.92 Å². The van der Waals surface area contributed by atoms with Crippen molar-refractivity contribution in [1.29, 1.82) is 0 Å². The van der Waals surface area contributed by atoms with Crippen molar-refractivity contribution < 1.29 is 9.84 Å². The summed E-state index contributed by atoms with van der Waals surface area (Å²) in [6.45, 7) is 4.13. The molecule has 0 bridgehead atoms. The number of aliphatic hydroxyl groups is 1. The van der Waals surface area contributed by atoms with Crippen molar-refractivity contribution in [2.24, 2.45) is 5.92 Å². The predicted octanol–water partition coefficient (Wildman–Crippen LogP) is -0.249. The van der Waals surface area contributed by atoms with Crippen LogP contribution in [0, 0.1) is 5.92 Å². The minimum atomic E-state index is -0.259. The van der Waals surface area contributed by atoms with E-state index in [1.54, 1.807) is 0 Å². The van der Waals surface area contributed by atoms with E-state index in [1.807, 2.05) is 14.8 Å². The second kappa shape index (κ2) is 2.93. The van der Waals surface area contributed by atoms with Crippen molar-refractivity contribution in [2.45, 2.75) is 38.5 Å². The molecule has 1 aliphatic heterocycles. The van der Waals surface area contributed by atoms with Crippen LogP contribution in [0.25, 0.3) is 0 Å². The summed E-state index contributed by atoms with van der Waals surface area (Å²) in [5.74, 6) is 0.306. The van der Waals surface area contributed by atoms with E-state index in [-0.39, 0.29) is 18.2 Å². The first-order valence-electron chi connectivity index (χ1n) is 4.00. The molecule has 1 saturated heterocycles. The molecule has 0 saturated carbocycles. The summed E-state index contributed by atoms with van der Waals surface area (Å²) in [4.78, 5) is 0. The molecule has 0 aliphatic carbocycles. The normalized spacial score (nSPS) is 47.9. The monoisotopic (exact) mass is 142 g/mol. The quantitative estimate of drug-likeness (QED) is 0.511. The zero-order chi connectivity index (χ0) is 7.72. The number of rotatable bonds is 1. The van der Waals surface area contributed by atoms with Gasteiger partial charge in [-0.25, -0.2) is 0 Å². The van der Waals surface area contributed by atoms with Gasteiger partial charge in [-0.05, 0) is 6.42 Å². The minimum Gasteiger partial charge on any atom is -0.391 e. The Hall–Kier alpha value is -0.0151. The van der Waals surface area contributed by atoms with E-state index in [4.69, 9.17) is 4.74 Å². The Morgan fingerprint density at radius 1 is 1.60 bits per heavy atom. The molecule has 0 aromatic heterocycles. The summed E-state index contributed by atoms with van der Waals surface area (Å²) in [6, 6.07) is 0.0277. The predicted molar refractivity (Wildman–Crippen MR) is 42.7 cm³/mol. The lowest BCUT2D eigenvalue weighted by Crippen LogP contribution is -2.25. The van der Waals surface area contributed by atoms with Gasteiger partial charge in [0, 0.05) is 5.92 Å². The summed E-state index contributed by atoms with van der Waals surface area (Å²) in [7, 11) is 1.93. The van der Waals surface area contributed by atoms with Gasteiger partial charge < -0.3 is 9.84 Å². The third-order valence-electron chi connectivity index (χ3n) is 2.40. The van der Waals surface area contributed by atoms with Crippen molar-refractivity contribution in [3.63, 3.8) is 0 Å². The number of hydrogen-bond donors (Lipinski definition) is 1. The van der Waals surface area contributed by atoms with E-state index in [0.717, 1.165) is 6.42 Å². The lowest BCUT2D eigenvalue weighted by atomic mass is 9.88. The van der Waals surface area contributed by atoms with Crippen LogP contribution in [0.15, 0.2) is 0 Å². The second-order valence-electron chi connectivity index (χ2n) is 3.14. The summed E-state index contributed by atoms with van der Waals surface area (Å²) in [5.41, 5.74) is 0. The topological polar surface area (TPSA) is 29.5 Å². The molecular formula is C7H15BO2. The van der Waals surface area contributed by atoms with Gasteiger partial charge >= 0.3 is 0 Å². The summed E-state index contributed by atoms with van der Waals surface area (Å²) >= 11 is 0. The Kier molecular flexibility index (Phi) is 2.37. The number of hydrogen-bond acceptors (Lipinski definition) is 2. The van der Waals surface area contributed by atoms with Gasteiger partial charge in [-0.3, -0.25) is 0 Å². The highest BCUT2D eigenvalue weighted by Crippen LogP contribution is 2.26. The average Bonchev–Trinajstić information content (AvgIpc) is 2.17. The van der Waals surface area contributed by atoms with Crippen molar-refractivity contribution in [2.75, 3.05) is 0 Å². The van der Waals surface area contributed by atoms with Crippen LogP contribution in [0.5, 0.6) is 0 Å². The zero-order valence-electron chi connectivity index (χ0n) is 6.87. The third-order valence-corrected chi connectivity index (χ3v) is 2.40. The molecule has 2 nitrogen and oxygen atoms in total. The largest absolute Gasteiger partial charge is 0.391 e. The molecule has 0 spiro atoms. The SMILES string of the molecule is BC1OC(CC)C(C)C1O. The maximum absolute atomic E-state index is 9.44. The standard InChI is InChI=1S/C7H15BO2/c1-3-5-4(2)6(9)7(8)10-5/h4-7,9H,3,8H2,1-2H3. The van der Waals surface area contributed by atoms with Gasteiger partial charge in [-0.15, -0.1) is 0 Å². The molecule has 58 valence electrons. The molecule has 0 aromatic carbocycles. The second-order valence-corrected chi connectivity index (χ2v) is 3.14. The van der Waals surface area contributed by atoms with E-state index in [1.165, 1.54) is 0 Å². The van der Waals surface area contributed by atoms with Crippen LogP contribution in [0.1, 0.15) is 20.3 Å². The Morgan fingerprint density at radius 3 is 2.40 bits per heavy atom. The van der Waals surface area contributed by atoms with Gasteiger partial charge in [0.2, 0.25) is 0 Å². The molecule has 10 heavy (non-hydrogen) atoms. The van der Waals surface area contributed by atoms with Gasteiger partial charge in [0.05, 0.1) is 18.2 Å². The maximum Gasteiger partial charge on any atom is 0.142 e. The van der Waals surface area contributed by atoms with Crippen LogP contribution < -0.4 is 0 Å². The van der Waals surface area contributed by atoms with Crippen molar-refractivity contribution in [3.8, 4) is 0 Å². The molecule has 0 radical (unpaired) electrons. The molecule has 4 unspecified atom stereocenters. The Balaban J connectivity index is 2.53. The van der Waals surface area contributed by atoms with Crippen LogP contribution in [0.3, 0.4) is 0 Å². The minimum absolute atomic E-state index is 0.0277. The highest BCUT2D eigenvalue weighted by Gasteiger charge is 2.36. The van der Waals surface area contributed by atoms with E-state index in [9.17, 15) is 5.11 Å².